The third-order valence-electron chi connectivity index (χ3n) is 4.28. The fraction of sp³-hybridized carbons (Fsp3) is 0.364. The lowest BCUT2D eigenvalue weighted by atomic mass is 10.0. The summed E-state index contributed by atoms with van der Waals surface area (Å²) in [5.74, 6) is -0.198. The van der Waals surface area contributed by atoms with Gasteiger partial charge in [-0.25, -0.2) is 0 Å². The molecule has 28 heavy (non-hydrogen) atoms. The van der Waals surface area contributed by atoms with Gasteiger partial charge >= 0.3 is 0 Å². The summed E-state index contributed by atoms with van der Waals surface area (Å²) in [5.41, 5.74) is 2.21. The van der Waals surface area contributed by atoms with Crippen LogP contribution < -0.4 is 15.4 Å². The smallest absolute Gasteiger partial charge is 0.255 e. The van der Waals surface area contributed by atoms with E-state index in [1.165, 1.54) is 7.11 Å². The Labute approximate surface area is 166 Å². The Hall–Kier alpha value is -2.86. The summed E-state index contributed by atoms with van der Waals surface area (Å²) in [5, 5.41) is 5.75. The van der Waals surface area contributed by atoms with Crippen LogP contribution in [-0.2, 0) is 11.3 Å². The molecule has 0 fully saturated rings. The molecule has 0 saturated carbocycles. The van der Waals surface area contributed by atoms with E-state index in [2.05, 4.69) is 15.5 Å². The first-order chi connectivity index (χ1) is 13.3. The van der Waals surface area contributed by atoms with E-state index in [4.69, 9.17) is 4.74 Å². The average molecular weight is 383 g/mol. The molecule has 1 unspecified atom stereocenters. The lowest BCUT2D eigenvalue weighted by Gasteiger charge is -2.22. The van der Waals surface area contributed by atoms with Gasteiger partial charge in [0.25, 0.3) is 5.91 Å². The van der Waals surface area contributed by atoms with Crippen LogP contribution in [0.3, 0.4) is 0 Å². The van der Waals surface area contributed by atoms with Crippen LogP contribution in [-0.4, -0.2) is 44.0 Å². The van der Waals surface area contributed by atoms with Gasteiger partial charge in [-0.2, -0.15) is 0 Å². The number of para-hydroxylation sites is 1. The fourth-order valence-electron chi connectivity index (χ4n) is 2.92. The molecule has 0 aromatic heterocycles. The normalized spacial score (nSPS) is 12.0. The third kappa shape index (κ3) is 5.82. The number of ether oxygens (including phenoxy) is 1. The summed E-state index contributed by atoms with van der Waals surface area (Å²) in [4.78, 5) is 27.6. The molecule has 0 radical (unpaired) electrons. The molecule has 2 aromatic carbocycles. The van der Waals surface area contributed by atoms with Gasteiger partial charge in [-0.15, -0.1) is 0 Å². The van der Waals surface area contributed by atoms with Gasteiger partial charge in [-0.1, -0.05) is 38.1 Å². The van der Waals surface area contributed by atoms with Gasteiger partial charge in [-0.3, -0.25) is 9.59 Å². The van der Waals surface area contributed by atoms with E-state index in [9.17, 15) is 9.59 Å². The molecule has 0 aliphatic heterocycles. The Morgan fingerprint density at radius 3 is 2.43 bits per heavy atom. The van der Waals surface area contributed by atoms with E-state index >= 15 is 0 Å². The van der Waals surface area contributed by atoms with Gasteiger partial charge in [-0.05, 0) is 49.8 Å². The van der Waals surface area contributed by atoms with Crippen molar-refractivity contribution in [2.75, 3.05) is 26.5 Å². The van der Waals surface area contributed by atoms with Crippen LogP contribution in [0, 0.1) is 5.92 Å². The molecule has 0 bridgehead atoms. The fourth-order valence-corrected chi connectivity index (χ4v) is 2.92. The van der Waals surface area contributed by atoms with Crippen LogP contribution in [0.15, 0.2) is 48.5 Å². The first-order valence-electron chi connectivity index (χ1n) is 9.30. The molecule has 2 amide bonds. The number of carbonyl (C=O) groups is 2. The number of amides is 2. The Morgan fingerprint density at radius 2 is 1.79 bits per heavy atom. The number of methoxy groups -OCH3 is 1. The molecular weight excluding hydrogens is 354 g/mol. The van der Waals surface area contributed by atoms with Crippen molar-refractivity contribution in [2.24, 2.45) is 5.92 Å². The number of nitrogens with one attached hydrogen (secondary N) is 2. The molecule has 2 aromatic rings. The highest BCUT2D eigenvalue weighted by Gasteiger charge is 2.26. The Kier molecular flexibility index (Phi) is 7.58. The molecule has 0 saturated heterocycles. The number of hydrogen-bond acceptors (Lipinski definition) is 4. The van der Waals surface area contributed by atoms with Crippen molar-refractivity contribution in [1.29, 1.82) is 0 Å². The molecule has 0 aliphatic carbocycles. The van der Waals surface area contributed by atoms with E-state index in [1.54, 1.807) is 24.3 Å². The van der Waals surface area contributed by atoms with Gasteiger partial charge in [0.1, 0.15) is 11.8 Å². The van der Waals surface area contributed by atoms with Gasteiger partial charge in [0, 0.05) is 12.2 Å². The Bertz CT molecular complexity index is 818. The van der Waals surface area contributed by atoms with Gasteiger partial charge < -0.3 is 20.3 Å². The summed E-state index contributed by atoms with van der Waals surface area (Å²) in [6, 6.07) is 14.0. The predicted molar refractivity (Wildman–Crippen MR) is 112 cm³/mol. The van der Waals surface area contributed by atoms with Crippen molar-refractivity contribution in [1.82, 2.24) is 10.2 Å². The molecule has 2 N–H and O–H groups in total. The number of nitrogens with zero attached hydrogens (tertiary/aromatic N) is 1. The Morgan fingerprint density at radius 1 is 1.07 bits per heavy atom. The SMILES string of the molecule is COc1ccccc1C(=O)NC(C(=O)Nc1cccc(CN(C)C)c1)C(C)C. The van der Waals surface area contributed by atoms with Crippen LogP contribution in [0.5, 0.6) is 5.75 Å². The number of hydrogen-bond donors (Lipinski definition) is 2. The van der Waals surface area contributed by atoms with E-state index in [-0.39, 0.29) is 17.7 Å². The van der Waals surface area contributed by atoms with Crippen molar-refractivity contribution >= 4 is 17.5 Å². The summed E-state index contributed by atoms with van der Waals surface area (Å²) in [6.45, 7) is 4.58. The minimum absolute atomic E-state index is 0.0800. The van der Waals surface area contributed by atoms with E-state index in [0.29, 0.717) is 17.0 Å². The number of rotatable bonds is 8. The zero-order valence-corrected chi connectivity index (χ0v) is 17.2. The topological polar surface area (TPSA) is 70.7 Å². The minimum Gasteiger partial charge on any atom is -0.496 e. The second-order valence-corrected chi connectivity index (χ2v) is 7.32. The van der Waals surface area contributed by atoms with Crippen LogP contribution in [0.25, 0.3) is 0 Å². The van der Waals surface area contributed by atoms with Gasteiger partial charge in [0.2, 0.25) is 5.91 Å². The van der Waals surface area contributed by atoms with Crippen molar-refractivity contribution in [3.8, 4) is 5.75 Å². The quantitative estimate of drug-likeness (QED) is 0.735. The summed E-state index contributed by atoms with van der Waals surface area (Å²) in [7, 11) is 5.50. The minimum atomic E-state index is -0.671. The van der Waals surface area contributed by atoms with Crippen LogP contribution in [0.2, 0.25) is 0 Å². The largest absolute Gasteiger partial charge is 0.496 e. The van der Waals surface area contributed by atoms with Crippen LogP contribution in [0.4, 0.5) is 5.69 Å². The van der Waals surface area contributed by atoms with Crippen molar-refractivity contribution < 1.29 is 14.3 Å². The molecule has 6 nitrogen and oxygen atoms in total. The molecule has 1 atom stereocenters. The maximum absolute atomic E-state index is 12.8. The summed E-state index contributed by atoms with van der Waals surface area (Å²) >= 11 is 0. The highest BCUT2D eigenvalue weighted by molar-refractivity contribution is 6.02. The number of benzene rings is 2. The van der Waals surface area contributed by atoms with E-state index in [1.807, 2.05) is 52.2 Å². The van der Waals surface area contributed by atoms with Gasteiger partial charge in [0.05, 0.1) is 12.7 Å². The second-order valence-electron chi connectivity index (χ2n) is 7.32. The zero-order chi connectivity index (χ0) is 20.7. The molecule has 0 spiro atoms. The molecule has 6 heteroatoms. The summed E-state index contributed by atoms with van der Waals surface area (Å²) < 4.78 is 5.24. The number of anilines is 1. The molecule has 0 heterocycles. The highest BCUT2D eigenvalue weighted by atomic mass is 16.5. The van der Waals surface area contributed by atoms with Gasteiger partial charge in [0.15, 0.2) is 0 Å². The third-order valence-corrected chi connectivity index (χ3v) is 4.28. The first kappa shape index (κ1) is 21.4. The lowest BCUT2D eigenvalue weighted by Crippen LogP contribution is -2.47. The zero-order valence-electron chi connectivity index (χ0n) is 17.2. The standard InChI is InChI=1S/C22H29N3O3/c1-15(2)20(24-21(26)18-11-6-7-12-19(18)28-5)22(27)23-17-10-8-9-16(13-17)14-25(3)4/h6-13,15,20H,14H2,1-5H3,(H,23,27)(H,24,26). The van der Waals surface area contributed by atoms with Crippen molar-refractivity contribution in [3.05, 3.63) is 59.7 Å². The van der Waals surface area contributed by atoms with E-state index in [0.717, 1.165) is 12.1 Å². The van der Waals surface area contributed by atoms with Crippen LogP contribution >= 0.6 is 0 Å². The maximum Gasteiger partial charge on any atom is 0.255 e. The predicted octanol–water partition coefficient (Wildman–Crippen LogP) is 3.15. The van der Waals surface area contributed by atoms with Crippen LogP contribution in [0.1, 0.15) is 29.8 Å². The van der Waals surface area contributed by atoms with E-state index < -0.39 is 6.04 Å². The van der Waals surface area contributed by atoms with Crippen molar-refractivity contribution in [3.63, 3.8) is 0 Å². The first-order valence-corrected chi connectivity index (χ1v) is 9.30. The molecule has 150 valence electrons. The van der Waals surface area contributed by atoms with Crippen molar-refractivity contribution in [2.45, 2.75) is 26.4 Å². The second kappa shape index (κ2) is 9.90. The monoisotopic (exact) mass is 383 g/mol. The summed E-state index contributed by atoms with van der Waals surface area (Å²) in [6.07, 6.45) is 0. The molecule has 0 aliphatic rings. The Balaban J connectivity index is 2.13. The number of carbonyl (C=O) groups excluding carboxylic acids is 2. The maximum atomic E-state index is 12.8. The molecular formula is C22H29N3O3. The molecule has 2 rings (SSSR count). The highest BCUT2D eigenvalue weighted by Crippen LogP contribution is 2.18. The average Bonchev–Trinajstić information content (AvgIpc) is 2.65. The lowest BCUT2D eigenvalue weighted by molar-refractivity contribution is -0.118.